The molecule has 2 aromatic rings. The van der Waals surface area contributed by atoms with Gasteiger partial charge < -0.3 is 15.0 Å². The minimum Gasteiger partial charge on any atom is -0.376 e. The molecule has 2 N–H and O–H groups in total. The van der Waals surface area contributed by atoms with E-state index in [0.29, 0.717) is 5.92 Å². The quantitative estimate of drug-likeness (QED) is 0.915. The maximum absolute atomic E-state index is 6.31. The topological polar surface area (TPSA) is 53.1 Å². The minimum atomic E-state index is 0.0213. The van der Waals surface area contributed by atoms with E-state index in [1.165, 1.54) is 0 Å². The first-order valence-electron chi connectivity index (χ1n) is 6.94. The summed E-state index contributed by atoms with van der Waals surface area (Å²) in [6, 6.07) is 8.20. The van der Waals surface area contributed by atoms with E-state index in [2.05, 4.69) is 29.6 Å². The summed E-state index contributed by atoms with van der Waals surface area (Å²) in [5, 5.41) is 0. The summed E-state index contributed by atoms with van der Waals surface area (Å²) in [4.78, 5) is 4.68. The van der Waals surface area contributed by atoms with Crippen molar-refractivity contribution in [2.24, 2.45) is 18.7 Å². The highest BCUT2D eigenvalue weighted by Gasteiger charge is 2.30. The van der Waals surface area contributed by atoms with Crippen molar-refractivity contribution in [3.63, 3.8) is 0 Å². The molecule has 1 aliphatic rings. The zero-order valence-electron chi connectivity index (χ0n) is 11.5. The van der Waals surface area contributed by atoms with Crippen LogP contribution in [-0.4, -0.2) is 28.3 Å². The SMILES string of the molecule is CC1CCOC1C(N)Cc1nc2ccccc2n1C. The highest BCUT2D eigenvalue weighted by atomic mass is 16.5. The van der Waals surface area contributed by atoms with E-state index in [4.69, 9.17) is 10.5 Å². The van der Waals surface area contributed by atoms with E-state index in [0.717, 1.165) is 36.3 Å². The lowest BCUT2D eigenvalue weighted by Crippen LogP contribution is -2.40. The van der Waals surface area contributed by atoms with Crippen LogP contribution in [0.5, 0.6) is 0 Å². The van der Waals surface area contributed by atoms with Crippen molar-refractivity contribution < 1.29 is 4.74 Å². The Hall–Kier alpha value is -1.39. The predicted octanol–water partition coefficient (Wildman–Crippen LogP) is 1.87. The molecule has 1 aromatic heterocycles. The molecule has 0 amide bonds. The molecular formula is C15H21N3O. The van der Waals surface area contributed by atoms with Gasteiger partial charge in [-0.25, -0.2) is 4.98 Å². The van der Waals surface area contributed by atoms with E-state index in [9.17, 15) is 0 Å². The number of nitrogens with two attached hydrogens (primary N) is 1. The van der Waals surface area contributed by atoms with Crippen LogP contribution >= 0.6 is 0 Å². The Kier molecular flexibility index (Phi) is 3.29. The van der Waals surface area contributed by atoms with Crippen molar-refractivity contribution in [1.29, 1.82) is 0 Å². The van der Waals surface area contributed by atoms with E-state index in [1.807, 2.05) is 18.2 Å². The van der Waals surface area contributed by atoms with Gasteiger partial charge in [0.25, 0.3) is 0 Å². The third-order valence-corrected chi connectivity index (χ3v) is 4.16. The van der Waals surface area contributed by atoms with Gasteiger partial charge in [-0.3, -0.25) is 0 Å². The van der Waals surface area contributed by atoms with Crippen LogP contribution in [-0.2, 0) is 18.2 Å². The zero-order chi connectivity index (χ0) is 13.4. The maximum Gasteiger partial charge on any atom is 0.111 e. The molecule has 1 aromatic carbocycles. The highest BCUT2D eigenvalue weighted by Crippen LogP contribution is 2.24. The first-order chi connectivity index (χ1) is 9.16. The molecule has 4 heteroatoms. The molecule has 1 fully saturated rings. The van der Waals surface area contributed by atoms with Gasteiger partial charge in [-0.1, -0.05) is 19.1 Å². The lowest BCUT2D eigenvalue weighted by atomic mass is 9.96. The number of hydrogen-bond acceptors (Lipinski definition) is 3. The van der Waals surface area contributed by atoms with Crippen LogP contribution in [0.1, 0.15) is 19.2 Å². The fraction of sp³-hybridized carbons (Fsp3) is 0.533. The first-order valence-corrected chi connectivity index (χ1v) is 6.94. The van der Waals surface area contributed by atoms with Crippen molar-refractivity contribution in [1.82, 2.24) is 9.55 Å². The molecule has 102 valence electrons. The van der Waals surface area contributed by atoms with Crippen LogP contribution in [0.25, 0.3) is 11.0 Å². The van der Waals surface area contributed by atoms with Crippen molar-refractivity contribution in [3.05, 3.63) is 30.1 Å². The number of hydrogen-bond donors (Lipinski definition) is 1. The molecule has 4 nitrogen and oxygen atoms in total. The van der Waals surface area contributed by atoms with Gasteiger partial charge in [0.2, 0.25) is 0 Å². The molecule has 3 atom stereocenters. The molecule has 19 heavy (non-hydrogen) atoms. The van der Waals surface area contributed by atoms with Crippen LogP contribution in [0, 0.1) is 5.92 Å². The summed E-state index contributed by atoms with van der Waals surface area (Å²) >= 11 is 0. The van der Waals surface area contributed by atoms with E-state index >= 15 is 0 Å². The molecule has 0 saturated carbocycles. The Labute approximate surface area is 113 Å². The van der Waals surface area contributed by atoms with E-state index in [1.54, 1.807) is 0 Å². The van der Waals surface area contributed by atoms with Gasteiger partial charge in [0, 0.05) is 26.1 Å². The Balaban J connectivity index is 1.83. The van der Waals surface area contributed by atoms with Crippen LogP contribution in [0.3, 0.4) is 0 Å². The first kappa shape index (κ1) is 12.6. The van der Waals surface area contributed by atoms with Gasteiger partial charge >= 0.3 is 0 Å². The lowest BCUT2D eigenvalue weighted by Gasteiger charge is -2.22. The second kappa shape index (κ2) is 4.94. The largest absolute Gasteiger partial charge is 0.376 e. The fourth-order valence-electron chi connectivity index (χ4n) is 2.97. The number of imidazole rings is 1. The minimum absolute atomic E-state index is 0.0213. The third-order valence-electron chi connectivity index (χ3n) is 4.16. The summed E-state index contributed by atoms with van der Waals surface area (Å²) in [5.74, 6) is 1.58. The Morgan fingerprint density at radius 2 is 2.26 bits per heavy atom. The second-order valence-electron chi connectivity index (χ2n) is 5.55. The average Bonchev–Trinajstić information content (AvgIpc) is 2.95. The smallest absolute Gasteiger partial charge is 0.111 e. The number of aryl methyl sites for hydroxylation is 1. The normalized spacial score (nSPS) is 25.0. The maximum atomic E-state index is 6.31. The van der Waals surface area contributed by atoms with Crippen molar-refractivity contribution in [2.45, 2.75) is 31.9 Å². The van der Waals surface area contributed by atoms with Crippen LogP contribution < -0.4 is 5.73 Å². The molecule has 3 rings (SSSR count). The molecule has 0 aliphatic carbocycles. The van der Waals surface area contributed by atoms with Crippen molar-refractivity contribution in [3.8, 4) is 0 Å². The van der Waals surface area contributed by atoms with Gasteiger partial charge in [-0.05, 0) is 24.5 Å². The number of nitrogens with zero attached hydrogens (tertiary/aromatic N) is 2. The predicted molar refractivity (Wildman–Crippen MR) is 75.9 cm³/mol. The molecule has 0 spiro atoms. The molecule has 0 radical (unpaired) electrons. The molecular weight excluding hydrogens is 238 g/mol. The number of benzene rings is 1. The number of fused-ring (bicyclic) bond motifs is 1. The monoisotopic (exact) mass is 259 g/mol. The summed E-state index contributed by atoms with van der Waals surface area (Å²) < 4.78 is 7.88. The highest BCUT2D eigenvalue weighted by molar-refractivity contribution is 5.75. The number of ether oxygens (including phenoxy) is 1. The van der Waals surface area contributed by atoms with Gasteiger partial charge in [-0.15, -0.1) is 0 Å². The molecule has 0 bridgehead atoms. The van der Waals surface area contributed by atoms with Gasteiger partial charge in [0.05, 0.1) is 17.1 Å². The fourth-order valence-corrected chi connectivity index (χ4v) is 2.97. The molecule has 2 heterocycles. The third kappa shape index (κ3) is 2.26. The van der Waals surface area contributed by atoms with Crippen LogP contribution in [0.2, 0.25) is 0 Å². The van der Waals surface area contributed by atoms with Gasteiger partial charge in [0.1, 0.15) is 5.82 Å². The second-order valence-corrected chi connectivity index (χ2v) is 5.55. The summed E-state index contributed by atoms with van der Waals surface area (Å²) in [7, 11) is 2.05. The Bertz CT molecular complexity index is 578. The average molecular weight is 259 g/mol. The Morgan fingerprint density at radius 1 is 1.47 bits per heavy atom. The standard InChI is InChI=1S/C15H21N3O/c1-10-7-8-19-15(10)11(16)9-14-17-12-5-3-4-6-13(12)18(14)2/h3-6,10-11,15H,7-9,16H2,1-2H3. The van der Waals surface area contributed by atoms with Crippen molar-refractivity contribution in [2.75, 3.05) is 6.61 Å². The van der Waals surface area contributed by atoms with Crippen LogP contribution in [0.4, 0.5) is 0 Å². The van der Waals surface area contributed by atoms with Gasteiger partial charge in [-0.2, -0.15) is 0 Å². The summed E-state index contributed by atoms with van der Waals surface area (Å²) in [5.41, 5.74) is 8.51. The van der Waals surface area contributed by atoms with E-state index in [-0.39, 0.29) is 12.1 Å². The zero-order valence-corrected chi connectivity index (χ0v) is 11.5. The van der Waals surface area contributed by atoms with Crippen molar-refractivity contribution >= 4 is 11.0 Å². The van der Waals surface area contributed by atoms with E-state index < -0.39 is 0 Å². The number of aromatic nitrogens is 2. The summed E-state index contributed by atoms with van der Waals surface area (Å²) in [6.07, 6.45) is 2.04. The lowest BCUT2D eigenvalue weighted by molar-refractivity contribution is 0.0719. The van der Waals surface area contributed by atoms with Crippen LogP contribution in [0.15, 0.2) is 24.3 Å². The molecule has 1 aliphatic heterocycles. The summed E-state index contributed by atoms with van der Waals surface area (Å²) in [6.45, 7) is 3.05. The number of rotatable bonds is 3. The molecule has 3 unspecified atom stereocenters. The molecule has 1 saturated heterocycles. The van der Waals surface area contributed by atoms with Gasteiger partial charge in [0.15, 0.2) is 0 Å². The Morgan fingerprint density at radius 3 is 2.95 bits per heavy atom. The number of para-hydroxylation sites is 2.